The maximum atomic E-state index is 3.40. The van der Waals surface area contributed by atoms with Crippen molar-refractivity contribution in [3.05, 3.63) is 71.9 Å². The van der Waals surface area contributed by atoms with Crippen molar-refractivity contribution in [3.8, 4) is 0 Å². The maximum Gasteiger partial charge on any atom is 0.212 e. The fourth-order valence-electron chi connectivity index (χ4n) is 2.69. The van der Waals surface area contributed by atoms with Gasteiger partial charge in [-0.15, -0.1) is 0 Å². The Morgan fingerprint density at radius 1 is 0.913 bits per heavy atom. The molecule has 1 aromatic heterocycles. The molecule has 0 saturated carbocycles. The third kappa shape index (κ3) is 3.59. The van der Waals surface area contributed by atoms with Gasteiger partial charge in [-0.25, -0.2) is 0 Å². The molecule has 3 rings (SSSR count). The van der Waals surface area contributed by atoms with Crippen LogP contribution in [0.25, 0.3) is 23.1 Å². The summed E-state index contributed by atoms with van der Waals surface area (Å²) >= 11 is 0. The second-order valence-electron chi connectivity index (χ2n) is 5.76. The highest BCUT2D eigenvalue weighted by Crippen LogP contribution is 2.14. The van der Waals surface area contributed by atoms with E-state index < -0.39 is 0 Å². The van der Waals surface area contributed by atoms with Gasteiger partial charge in [0.25, 0.3) is 0 Å². The monoisotopic (exact) mass is 303 g/mol. The van der Waals surface area contributed by atoms with Crippen LogP contribution in [0.3, 0.4) is 0 Å². The molecule has 0 amide bonds. The van der Waals surface area contributed by atoms with Crippen LogP contribution in [0.5, 0.6) is 0 Å². The van der Waals surface area contributed by atoms with Crippen molar-refractivity contribution in [2.24, 2.45) is 7.05 Å². The van der Waals surface area contributed by atoms with Gasteiger partial charge in [0.1, 0.15) is 7.05 Å². The molecule has 2 heteroatoms. The first-order valence-corrected chi connectivity index (χ1v) is 8.18. The average molecular weight is 303 g/mol. The molecule has 0 fully saturated rings. The molecule has 0 radical (unpaired) electrons. The molecule has 0 atom stereocenters. The molecular formula is C21H23N2+. The lowest BCUT2D eigenvalue weighted by atomic mass is 10.1. The average Bonchev–Trinajstić information content (AvgIpc) is 2.60. The van der Waals surface area contributed by atoms with E-state index in [0.717, 1.165) is 13.0 Å². The number of fused-ring (bicyclic) bond motifs is 1. The van der Waals surface area contributed by atoms with Gasteiger partial charge in [-0.05, 0) is 42.3 Å². The van der Waals surface area contributed by atoms with E-state index in [2.05, 4.69) is 96.7 Å². The molecule has 116 valence electrons. The number of aryl methyl sites for hydroxylation is 1. The van der Waals surface area contributed by atoms with E-state index in [1.54, 1.807) is 0 Å². The lowest BCUT2D eigenvalue weighted by molar-refractivity contribution is -0.646. The zero-order valence-electron chi connectivity index (χ0n) is 13.8. The molecule has 3 aromatic rings. The van der Waals surface area contributed by atoms with Crippen LogP contribution in [0.4, 0.5) is 5.69 Å². The number of nitrogens with zero attached hydrogens (tertiary/aromatic N) is 1. The Morgan fingerprint density at radius 3 is 2.48 bits per heavy atom. The summed E-state index contributed by atoms with van der Waals surface area (Å²) < 4.78 is 2.23. The first-order chi connectivity index (χ1) is 11.3. The number of hydrogen-bond acceptors (Lipinski definition) is 1. The second kappa shape index (κ2) is 7.10. The smallest absolute Gasteiger partial charge is 0.212 e. The van der Waals surface area contributed by atoms with E-state index in [1.807, 2.05) is 0 Å². The van der Waals surface area contributed by atoms with Crippen molar-refractivity contribution < 1.29 is 4.57 Å². The summed E-state index contributed by atoms with van der Waals surface area (Å²) in [5.41, 5.74) is 4.83. The normalized spacial score (nSPS) is 11.2. The Kier molecular flexibility index (Phi) is 4.72. The van der Waals surface area contributed by atoms with Crippen LogP contribution in [0, 0.1) is 0 Å². The van der Waals surface area contributed by atoms with Crippen molar-refractivity contribution in [3.63, 3.8) is 0 Å². The molecule has 1 N–H and O–H groups in total. The molecule has 23 heavy (non-hydrogen) atoms. The molecule has 0 aliphatic heterocycles. The minimum Gasteiger partial charge on any atom is -0.385 e. The van der Waals surface area contributed by atoms with Gasteiger partial charge < -0.3 is 5.32 Å². The van der Waals surface area contributed by atoms with Crippen molar-refractivity contribution >= 4 is 28.7 Å². The van der Waals surface area contributed by atoms with E-state index in [1.165, 1.54) is 27.8 Å². The topological polar surface area (TPSA) is 15.9 Å². The highest BCUT2D eigenvalue weighted by Gasteiger charge is 2.07. The summed E-state index contributed by atoms with van der Waals surface area (Å²) in [4.78, 5) is 0. The van der Waals surface area contributed by atoms with Gasteiger partial charge in [-0.3, -0.25) is 0 Å². The Balaban J connectivity index is 1.81. The van der Waals surface area contributed by atoms with Crippen LogP contribution < -0.4 is 9.88 Å². The van der Waals surface area contributed by atoms with Crippen molar-refractivity contribution in [1.29, 1.82) is 0 Å². The van der Waals surface area contributed by atoms with Crippen LogP contribution in [-0.4, -0.2) is 6.54 Å². The summed E-state index contributed by atoms with van der Waals surface area (Å²) in [6.45, 7) is 3.19. The summed E-state index contributed by atoms with van der Waals surface area (Å²) in [5, 5.41) is 4.66. The van der Waals surface area contributed by atoms with Gasteiger partial charge in [-0.2, -0.15) is 4.57 Å². The molecule has 0 bridgehead atoms. The minimum absolute atomic E-state index is 1.02. The number of hydrogen-bond donors (Lipinski definition) is 1. The number of aromatic nitrogens is 1. The Hall–Kier alpha value is -2.61. The van der Waals surface area contributed by atoms with Crippen LogP contribution in [0.1, 0.15) is 24.6 Å². The van der Waals surface area contributed by atoms with E-state index >= 15 is 0 Å². The van der Waals surface area contributed by atoms with Crippen molar-refractivity contribution in [2.75, 3.05) is 11.9 Å². The summed E-state index contributed by atoms with van der Waals surface area (Å²) in [7, 11) is 2.11. The third-order valence-electron chi connectivity index (χ3n) is 4.06. The van der Waals surface area contributed by atoms with Gasteiger partial charge in [0.2, 0.25) is 11.2 Å². The number of anilines is 1. The highest BCUT2D eigenvalue weighted by molar-refractivity contribution is 5.77. The standard InChI is InChI=1S/C21H22N2/c1-3-16-22-19-12-8-17(9-13-19)10-14-20-15-11-18-6-4-5-7-21(18)23(20)2/h4-15H,3,16H2,1-2H3/p+1. The Morgan fingerprint density at radius 2 is 1.70 bits per heavy atom. The van der Waals surface area contributed by atoms with E-state index in [-0.39, 0.29) is 0 Å². The first kappa shape index (κ1) is 15.3. The fourth-order valence-corrected chi connectivity index (χ4v) is 2.69. The van der Waals surface area contributed by atoms with Gasteiger partial charge in [-0.1, -0.05) is 31.2 Å². The van der Waals surface area contributed by atoms with E-state index in [9.17, 15) is 0 Å². The van der Waals surface area contributed by atoms with E-state index in [0.29, 0.717) is 0 Å². The summed E-state index contributed by atoms with van der Waals surface area (Å²) in [5.74, 6) is 0. The lowest BCUT2D eigenvalue weighted by Gasteiger charge is -2.04. The fraction of sp³-hybridized carbons (Fsp3) is 0.190. The molecular weight excluding hydrogens is 280 g/mol. The Labute approximate surface area is 138 Å². The molecule has 1 heterocycles. The molecule has 2 aromatic carbocycles. The number of benzene rings is 2. The van der Waals surface area contributed by atoms with Gasteiger partial charge in [0.05, 0.1) is 0 Å². The largest absolute Gasteiger partial charge is 0.385 e. The first-order valence-electron chi connectivity index (χ1n) is 8.18. The SMILES string of the molecule is CCCNc1ccc(/C=C/c2ccc3ccccc3[n+]2C)cc1. The van der Waals surface area contributed by atoms with Crippen molar-refractivity contribution in [2.45, 2.75) is 13.3 Å². The van der Waals surface area contributed by atoms with Gasteiger partial charge >= 0.3 is 0 Å². The van der Waals surface area contributed by atoms with E-state index in [4.69, 9.17) is 0 Å². The van der Waals surface area contributed by atoms with Crippen LogP contribution in [0.2, 0.25) is 0 Å². The number of pyridine rings is 1. The summed E-state index contributed by atoms with van der Waals surface area (Å²) in [6, 6.07) is 21.4. The number of rotatable bonds is 5. The van der Waals surface area contributed by atoms with Gasteiger partial charge in [0, 0.05) is 35.8 Å². The Bertz CT molecular complexity index is 817. The number of nitrogens with one attached hydrogen (secondary N) is 1. The molecule has 0 aliphatic rings. The third-order valence-corrected chi connectivity index (χ3v) is 4.06. The predicted molar refractivity (Wildman–Crippen MR) is 99.3 cm³/mol. The molecule has 2 nitrogen and oxygen atoms in total. The second-order valence-corrected chi connectivity index (χ2v) is 5.76. The number of para-hydroxylation sites is 1. The highest BCUT2D eigenvalue weighted by atomic mass is 14.9. The zero-order valence-corrected chi connectivity index (χ0v) is 13.8. The lowest BCUT2D eigenvalue weighted by Crippen LogP contribution is -2.32. The van der Waals surface area contributed by atoms with Crippen LogP contribution in [0.15, 0.2) is 60.7 Å². The quantitative estimate of drug-likeness (QED) is 0.678. The molecule has 0 saturated heterocycles. The maximum absolute atomic E-state index is 3.40. The summed E-state index contributed by atoms with van der Waals surface area (Å²) in [6.07, 6.45) is 5.47. The van der Waals surface area contributed by atoms with Gasteiger partial charge in [0.15, 0.2) is 0 Å². The van der Waals surface area contributed by atoms with Crippen molar-refractivity contribution in [1.82, 2.24) is 0 Å². The minimum atomic E-state index is 1.02. The molecule has 0 unspecified atom stereocenters. The zero-order chi connectivity index (χ0) is 16.1. The van der Waals surface area contributed by atoms with Crippen LogP contribution >= 0.6 is 0 Å². The predicted octanol–water partition coefficient (Wildman–Crippen LogP) is 4.66. The van der Waals surface area contributed by atoms with Crippen LogP contribution in [-0.2, 0) is 7.05 Å². The molecule has 0 aliphatic carbocycles. The molecule has 0 spiro atoms.